The molecule has 1 aromatic heterocycles. The zero-order valence-electron chi connectivity index (χ0n) is 17.2. The molecule has 1 aliphatic rings. The third kappa shape index (κ3) is 4.36. The van der Waals surface area contributed by atoms with E-state index in [1.807, 2.05) is 0 Å². The van der Waals surface area contributed by atoms with Crippen molar-refractivity contribution in [2.45, 2.75) is 65.5 Å². The van der Waals surface area contributed by atoms with E-state index in [4.69, 9.17) is 5.73 Å². The largest absolute Gasteiger partial charge is 0.368 e. The van der Waals surface area contributed by atoms with Gasteiger partial charge in [0.25, 0.3) is 0 Å². The number of carbonyl (C=O) groups is 2. The number of nitrogens with zero attached hydrogens (tertiary/aromatic N) is 2. The fourth-order valence-corrected chi connectivity index (χ4v) is 4.13. The molecule has 29 heavy (non-hydrogen) atoms. The summed E-state index contributed by atoms with van der Waals surface area (Å²) in [7, 11) is 0. The van der Waals surface area contributed by atoms with Gasteiger partial charge in [0.05, 0.1) is 11.0 Å². The highest BCUT2D eigenvalue weighted by Crippen LogP contribution is 2.26. The average Bonchev–Trinajstić information content (AvgIpc) is 2.90. The Morgan fingerprint density at radius 1 is 1.21 bits per heavy atom. The zero-order chi connectivity index (χ0) is 21.3. The van der Waals surface area contributed by atoms with Crippen LogP contribution < -0.4 is 16.7 Å². The Balaban J connectivity index is 2.03. The number of nitrogens with two attached hydrogens (primary N) is 1. The van der Waals surface area contributed by atoms with Gasteiger partial charge in [-0.1, -0.05) is 40.0 Å². The molecule has 158 valence electrons. The van der Waals surface area contributed by atoms with Gasteiger partial charge in [-0.2, -0.15) is 0 Å². The van der Waals surface area contributed by atoms with Crippen LogP contribution in [-0.4, -0.2) is 27.1 Å². The molecule has 7 nitrogen and oxygen atoms in total. The van der Waals surface area contributed by atoms with Crippen LogP contribution in [0.25, 0.3) is 11.0 Å². The first-order valence-corrected chi connectivity index (χ1v) is 10.1. The van der Waals surface area contributed by atoms with Crippen LogP contribution in [0.5, 0.6) is 0 Å². The second kappa shape index (κ2) is 8.00. The SMILES string of the molecule is CC(C)(C)[C@H](NC(=O)n1c(=O)n(CC2CCCCC2)c2ccc(F)cc21)C(N)=O. The first-order valence-electron chi connectivity index (χ1n) is 10.1. The Hall–Kier alpha value is -2.64. The maximum atomic E-state index is 13.9. The maximum Gasteiger partial charge on any atom is 0.337 e. The lowest BCUT2D eigenvalue weighted by Gasteiger charge is -2.28. The van der Waals surface area contributed by atoms with Crippen molar-refractivity contribution in [3.8, 4) is 0 Å². The number of primary amides is 1. The van der Waals surface area contributed by atoms with Crippen molar-refractivity contribution in [3.05, 3.63) is 34.5 Å². The standard InChI is InChI=1S/C21H29FN4O3/c1-21(2,3)17(18(23)27)24-19(28)26-16-11-14(22)9-10-15(16)25(20(26)29)12-13-7-5-4-6-8-13/h9-11,13,17H,4-8,12H2,1-3H3,(H2,23,27)(H,24,28)/t17-/m1/s1. The van der Waals surface area contributed by atoms with E-state index in [0.29, 0.717) is 18.0 Å². The first kappa shape index (κ1) is 21.1. The summed E-state index contributed by atoms with van der Waals surface area (Å²) in [6.07, 6.45) is 5.50. The predicted molar refractivity (Wildman–Crippen MR) is 109 cm³/mol. The number of hydrogen-bond acceptors (Lipinski definition) is 3. The maximum absolute atomic E-state index is 13.9. The molecular weight excluding hydrogens is 375 g/mol. The molecule has 1 saturated carbocycles. The van der Waals surface area contributed by atoms with Gasteiger partial charge >= 0.3 is 11.7 Å². The second-order valence-electron chi connectivity index (χ2n) is 9.02. The van der Waals surface area contributed by atoms with Crippen molar-refractivity contribution in [2.24, 2.45) is 17.1 Å². The van der Waals surface area contributed by atoms with E-state index < -0.39 is 34.9 Å². The number of nitrogens with one attached hydrogen (secondary N) is 1. The van der Waals surface area contributed by atoms with Crippen LogP contribution in [0.2, 0.25) is 0 Å². The number of benzene rings is 1. The van der Waals surface area contributed by atoms with E-state index in [-0.39, 0.29) is 5.52 Å². The third-order valence-corrected chi connectivity index (χ3v) is 5.68. The fourth-order valence-electron chi connectivity index (χ4n) is 4.13. The number of hydrogen-bond donors (Lipinski definition) is 2. The van der Waals surface area contributed by atoms with Gasteiger partial charge in [-0.25, -0.2) is 18.5 Å². The van der Waals surface area contributed by atoms with Gasteiger partial charge in [-0.05, 0) is 36.3 Å². The molecule has 1 atom stereocenters. The lowest BCUT2D eigenvalue weighted by Crippen LogP contribution is -2.54. The summed E-state index contributed by atoms with van der Waals surface area (Å²) >= 11 is 0. The summed E-state index contributed by atoms with van der Waals surface area (Å²) in [4.78, 5) is 37.9. The van der Waals surface area contributed by atoms with Crippen molar-refractivity contribution in [1.82, 2.24) is 14.5 Å². The van der Waals surface area contributed by atoms with Crippen LogP contribution in [0, 0.1) is 17.2 Å². The lowest BCUT2D eigenvalue weighted by atomic mass is 9.86. The minimum Gasteiger partial charge on any atom is -0.368 e. The molecule has 1 aliphatic carbocycles. The highest BCUT2D eigenvalue weighted by molar-refractivity contribution is 5.92. The van der Waals surface area contributed by atoms with Crippen molar-refractivity contribution in [1.29, 1.82) is 0 Å². The molecule has 2 aromatic rings. The van der Waals surface area contributed by atoms with E-state index >= 15 is 0 Å². The molecular formula is C21H29FN4O3. The number of carbonyl (C=O) groups excluding carboxylic acids is 2. The molecule has 0 spiro atoms. The van der Waals surface area contributed by atoms with Gasteiger partial charge in [-0.3, -0.25) is 9.36 Å². The molecule has 0 aliphatic heterocycles. The Kier molecular flexibility index (Phi) is 5.82. The number of rotatable bonds is 4. The van der Waals surface area contributed by atoms with E-state index in [9.17, 15) is 18.8 Å². The Bertz CT molecular complexity index is 980. The fraction of sp³-hybridized carbons (Fsp3) is 0.571. The monoisotopic (exact) mass is 404 g/mol. The first-order chi connectivity index (χ1) is 13.6. The molecule has 1 heterocycles. The van der Waals surface area contributed by atoms with Gasteiger partial charge in [0.15, 0.2) is 0 Å². The zero-order valence-corrected chi connectivity index (χ0v) is 17.2. The summed E-state index contributed by atoms with van der Waals surface area (Å²) in [6, 6.07) is 2.21. The smallest absolute Gasteiger partial charge is 0.337 e. The van der Waals surface area contributed by atoms with Crippen LogP contribution in [-0.2, 0) is 11.3 Å². The Morgan fingerprint density at radius 3 is 2.45 bits per heavy atom. The van der Waals surface area contributed by atoms with Crippen LogP contribution in [0.15, 0.2) is 23.0 Å². The highest BCUT2D eigenvalue weighted by atomic mass is 19.1. The average molecular weight is 404 g/mol. The van der Waals surface area contributed by atoms with Crippen molar-refractivity contribution in [3.63, 3.8) is 0 Å². The topological polar surface area (TPSA) is 99.1 Å². The summed E-state index contributed by atoms with van der Waals surface area (Å²) < 4.78 is 16.4. The van der Waals surface area contributed by atoms with Crippen LogP contribution >= 0.6 is 0 Å². The van der Waals surface area contributed by atoms with Crippen molar-refractivity contribution >= 4 is 23.0 Å². The molecule has 0 bridgehead atoms. The van der Waals surface area contributed by atoms with Gasteiger partial charge in [0.1, 0.15) is 11.9 Å². The summed E-state index contributed by atoms with van der Waals surface area (Å²) in [5.74, 6) is -0.895. The van der Waals surface area contributed by atoms with E-state index in [1.54, 1.807) is 25.3 Å². The Morgan fingerprint density at radius 2 is 1.86 bits per heavy atom. The number of amides is 2. The van der Waals surface area contributed by atoms with Gasteiger partial charge in [0, 0.05) is 12.6 Å². The number of aromatic nitrogens is 2. The molecule has 8 heteroatoms. The quantitative estimate of drug-likeness (QED) is 0.819. The molecule has 0 unspecified atom stereocenters. The van der Waals surface area contributed by atoms with Crippen LogP contribution in [0.4, 0.5) is 9.18 Å². The van der Waals surface area contributed by atoms with E-state index in [0.717, 1.165) is 30.3 Å². The minimum atomic E-state index is -0.979. The molecule has 1 fully saturated rings. The van der Waals surface area contributed by atoms with Gasteiger partial charge in [0.2, 0.25) is 5.91 Å². The van der Waals surface area contributed by atoms with Crippen LogP contribution in [0.3, 0.4) is 0 Å². The summed E-state index contributed by atoms with van der Waals surface area (Å²) in [5, 5.41) is 2.56. The van der Waals surface area contributed by atoms with Crippen molar-refractivity contribution < 1.29 is 14.0 Å². The summed E-state index contributed by atoms with van der Waals surface area (Å²) in [6.45, 7) is 5.77. The normalized spacial score (nSPS) is 16.7. The lowest BCUT2D eigenvalue weighted by molar-refractivity contribution is -0.122. The van der Waals surface area contributed by atoms with E-state index in [1.165, 1.54) is 24.6 Å². The molecule has 2 amide bonds. The van der Waals surface area contributed by atoms with Crippen molar-refractivity contribution in [2.75, 3.05) is 0 Å². The second-order valence-corrected chi connectivity index (χ2v) is 9.02. The Labute approximate surface area is 169 Å². The predicted octanol–water partition coefficient (Wildman–Crippen LogP) is 2.98. The van der Waals surface area contributed by atoms with Gasteiger partial charge < -0.3 is 11.1 Å². The van der Waals surface area contributed by atoms with Crippen LogP contribution in [0.1, 0.15) is 52.9 Å². The molecule has 0 radical (unpaired) electrons. The van der Waals surface area contributed by atoms with E-state index in [2.05, 4.69) is 5.32 Å². The number of fused-ring (bicyclic) bond motifs is 1. The summed E-state index contributed by atoms with van der Waals surface area (Å²) in [5.41, 5.74) is 4.95. The molecule has 3 rings (SSSR count). The molecule has 1 aromatic carbocycles. The van der Waals surface area contributed by atoms with Gasteiger partial charge in [-0.15, -0.1) is 0 Å². The molecule has 0 saturated heterocycles. The number of halogens is 1. The number of imidazole rings is 1. The third-order valence-electron chi connectivity index (χ3n) is 5.68. The highest BCUT2D eigenvalue weighted by Gasteiger charge is 2.33. The molecule has 3 N–H and O–H groups in total. The minimum absolute atomic E-state index is 0.181.